The van der Waals surface area contributed by atoms with Gasteiger partial charge in [-0.25, -0.2) is 0 Å². The van der Waals surface area contributed by atoms with Crippen molar-refractivity contribution in [2.45, 2.75) is 85.0 Å². The van der Waals surface area contributed by atoms with Crippen LogP contribution >= 0.6 is 0 Å². The van der Waals surface area contributed by atoms with E-state index in [1.54, 1.807) is 0 Å². The van der Waals surface area contributed by atoms with E-state index >= 15 is 0 Å². The monoisotopic (exact) mass is 394 g/mol. The molecule has 4 aliphatic carbocycles. The number of hydrogen-bond acceptors (Lipinski definition) is 3. The van der Waals surface area contributed by atoms with Gasteiger partial charge in [-0.15, -0.1) is 0 Å². The van der Waals surface area contributed by atoms with Crippen molar-refractivity contribution in [3.63, 3.8) is 0 Å². The van der Waals surface area contributed by atoms with Crippen molar-refractivity contribution in [1.29, 1.82) is 0 Å². The van der Waals surface area contributed by atoms with Gasteiger partial charge in [-0.2, -0.15) is 15.3 Å². The Kier molecular flexibility index (Phi) is 4.75. The van der Waals surface area contributed by atoms with Crippen LogP contribution in [0.15, 0.2) is 16.4 Å². The molecule has 158 valence electrons. The van der Waals surface area contributed by atoms with Crippen LogP contribution in [0.25, 0.3) is 0 Å². The third kappa shape index (κ3) is 3.04. The molecule has 4 aliphatic rings. The molecule has 0 radical (unpaired) electrons. The first-order valence-electron chi connectivity index (χ1n) is 12.0. The summed E-state index contributed by atoms with van der Waals surface area (Å²) in [5.74, 6) is 3.71. The van der Waals surface area contributed by atoms with E-state index in [0.29, 0.717) is 5.41 Å². The second-order valence-electron chi connectivity index (χ2n) is 11.0. The summed E-state index contributed by atoms with van der Waals surface area (Å²) in [5, 5.41) is 13.7. The van der Waals surface area contributed by atoms with Gasteiger partial charge in [0, 0.05) is 29.9 Å². The van der Waals surface area contributed by atoms with Crippen LogP contribution in [0.5, 0.6) is 0 Å². The summed E-state index contributed by atoms with van der Waals surface area (Å²) in [6, 6.07) is 0. The molecule has 1 aromatic rings. The number of aromatic nitrogens is 2. The van der Waals surface area contributed by atoms with Crippen LogP contribution < -0.4 is 0 Å². The Morgan fingerprint density at radius 2 is 1.93 bits per heavy atom. The second-order valence-corrected chi connectivity index (χ2v) is 11.0. The number of nitrogens with zero attached hydrogens (tertiary/aromatic N) is 4. The minimum atomic E-state index is 0.278. The van der Waals surface area contributed by atoms with Crippen molar-refractivity contribution < 1.29 is 0 Å². The van der Waals surface area contributed by atoms with Crippen molar-refractivity contribution in [2.24, 2.45) is 51.8 Å². The Labute approximate surface area is 176 Å². The maximum atomic E-state index is 4.81. The molecule has 0 aliphatic heterocycles. The minimum absolute atomic E-state index is 0.278. The summed E-state index contributed by atoms with van der Waals surface area (Å²) >= 11 is 0. The SMILES string of the molecule is Cc1nn(C)cc1C=NN=C1CCC2C3CCC4CCCCC4(C)C3CCC12C. The first kappa shape index (κ1) is 19.5. The Hall–Kier alpha value is -1.45. The molecule has 29 heavy (non-hydrogen) atoms. The van der Waals surface area contributed by atoms with Crippen molar-refractivity contribution in [3.8, 4) is 0 Å². The molecule has 0 spiro atoms. The normalized spacial score (nSPS) is 43.4. The molecule has 5 rings (SSSR count). The van der Waals surface area contributed by atoms with Crippen LogP contribution in [0.1, 0.15) is 89.3 Å². The summed E-state index contributed by atoms with van der Waals surface area (Å²) < 4.78 is 1.85. The summed E-state index contributed by atoms with van der Waals surface area (Å²) in [7, 11) is 1.96. The third-order valence-corrected chi connectivity index (χ3v) is 9.75. The molecule has 0 saturated heterocycles. The predicted molar refractivity (Wildman–Crippen MR) is 119 cm³/mol. The standard InChI is InChI=1S/C25H38N4/c1-17-18(16-29(4)28-17)15-26-27-23-11-10-21-20-9-8-19-7-5-6-13-24(19,2)22(20)12-14-25(21,23)3/h15-16,19-22H,5-14H2,1-4H3. The number of rotatable bonds is 2. The van der Waals surface area contributed by atoms with Gasteiger partial charge in [0.15, 0.2) is 0 Å². The van der Waals surface area contributed by atoms with E-state index in [-0.39, 0.29) is 5.41 Å². The average Bonchev–Trinajstić information content (AvgIpc) is 3.19. The van der Waals surface area contributed by atoms with Crippen molar-refractivity contribution >= 4 is 11.9 Å². The molecule has 1 heterocycles. The lowest BCUT2D eigenvalue weighted by atomic mass is 9.45. The molecule has 4 heteroatoms. The second kappa shape index (κ2) is 7.06. The zero-order chi connectivity index (χ0) is 20.2. The topological polar surface area (TPSA) is 42.5 Å². The Bertz CT molecular complexity index is 836. The summed E-state index contributed by atoms with van der Waals surface area (Å²) in [4.78, 5) is 0. The van der Waals surface area contributed by atoms with Gasteiger partial charge in [-0.3, -0.25) is 4.68 Å². The maximum Gasteiger partial charge on any atom is 0.0682 e. The molecule has 4 nitrogen and oxygen atoms in total. The number of hydrogen-bond donors (Lipinski definition) is 0. The fourth-order valence-electron chi connectivity index (χ4n) is 8.15. The van der Waals surface area contributed by atoms with Gasteiger partial charge in [-0.1, -0.05) is 26.7 Å². The van der Waals surface area contributed by atoms with E-state index in [1.165, 1.54) is 63.5 Å². The van der Waals surface area contributed by atoms with E-state index in [9.17, 15) is 0 Å². The van der Waals surface area contributed by atoms with Crippen molar-refractivity contribution in [2.75, 3.05) is 0 Å². The van der Waals surface area contributed by atoms with Crippen molar-refractivity contribution in [3.05, 3.63) is 17.5 Å². The fourth-order valence-corrected chi connectivity index (χ4v) is 8.15. The van der Waals surface area contributed by atoms with Crippen LogP contribution in [-0.2, 0) is 7.05 Å². The van der Waals surface area contributed by atoms with Gasteiger partial charge >= 0.3 is 0 Å². The van der Waals surface area contributed by atoms with Crippen LogP contribution in [0.4, 0.5) is 0 Å². The van der Waals surface area contributed by atoms with Gasteiger partial charge in [0.2, 0.25) is 0 Å². The van der Waals surface area contributed by atoms with E-state index in [0.717, 1.165) is 41.3 Å². The van der Waals surface area contributed by atoms with E-state index in [1.807, 2.05) is 31.1 Å². The molecule has 0 bridgehead atoms. The largest absolute Gasteiger partial charge is 0.275 e. The quantitative estimate of drug-likeness (QED) is 0.452. The highest BCUT2D eigenvalue weighted by molar-refractivity contribution is 5.93. The maximum absolute atomic E-state index is 4.81. The van der Waals surface area contributed by atoms with E-state index < -0.39 is 0 Å². The van der Waals surface area contributed by atoms with Crippen LogP contribution in [0.2, 0.25) is 0 Å². The Morgan fingerprint density at radius 3 is 2.72 bits per heavy atom. The molecule has 0 aromatic carbocycles. The highest BCUT2D eigenvalue weighted by Crippen LogP contribution is 2.65. The lowest BCUT2D eigenvalue weighted by Gasteiger charge is -2.59. The molecule has 1 aromatic heterocycles. The molecule has 0 N–H and O–H groups in total. The third-order valence-electron chi connectivity index (χ3n) is 9.75. The summed E-state index contributed by atoms with van der Waals surface area (Å²) in [6.07, 6.45) is 18.0. The fraction of sp³-hybridized carbons (Fsp3) is 0.800. The highest BCUT2D eigenvalue weighted by Gasteiger charge is 2.58. The van der Waals surface area contributed by atoms with Gasteiger partial charge in [0.05, 0.1) is 11.9 Å². The summed E-state index contributed by atoms with van der Waals surface area (Å²) in [5.41, 5.74) is 4.36. The van der Waals surface area contributed by atoms with E-state index in [4.69, 9.17) is 5.10 Å². The predicted octanol–water partition coefficient (Wildman–Crippen LogP) is 5.94. The van der Waals surface area contributed by atoms with Crippen LogP contribution in [0, 0.1) is 41.4 Å². The molecular weight excluding hydrogens is 356 g/mol. The summed E-state index contributed by atoms with van der Waals surface area (Å²) in [6.45, 7) is 7.21. The Morgan fingerprint density at radius 1 is 1.07 bits per heavy atom. The van der Waals surface area contributed by atoms with Gasteiger partial charge in [0.25, 0.3) is 0 Å². The average molecular weight is 395 g/mol. The van der Waals surface area contributed by atoms with Crippen molar-refractivity contribution in [1.82, 2.24) is 9.78 Å². The lowest BCUT2D eigenvalue weighted by Crippen LogP contribution is -2.52. The zero-order valence-corrected chi connectivity index (χ0v) is 18.8. The van der Waals surface area contributed by atoms with Gasteiger partial charge < -0.3 is 0 Å². The molecule has 0 amide bonds. The van der Waals surface area contributed by atoms with Crippen LogP contribution in [0.3, 0.4) is 0 Å². The smallest absolute Gasteiger partial charge is 0.0682 e. The lowest BCUT2D eigenvalue weighted by molar-refractivity contribution is -0.0936. The first-order valence-corrected chi connectivity index (χ1v) is 12.0. The van der Waals surface area contributed by atoms with Gasteiger partial charge in [-0.05, 0) is 87.4 Å². The molecule has 4 saturated carbocycles. The molecule has 6 unspecified atom stereocenters. The van der Waals surface area contributed by atoms with Crippen LogP contribution in [-0.4, -0.2) is 21.7 Å². The molecule has 6 atom stereocenters. The number of fused-ring (bicyclic) bond motifs is 5. The minimum Gasteiger partial charge on any atom is -0.275 e. The highest BCUT2D eigenvalue weighted by atomic mass is 15.3. The van der Waals surface area contributed by atoms with E-state index in [2.05, 4.69) is 24.0 Å². The number of aryl methyl sites for hydroxylation is 2. The zero-order valence-electron chi connectivity index (χ0n) is 18.8. The first-order chi connectivity index (χ1) is 13.9. The Balaban J connectivity index is 1.37. The van der Waals surface area contributed by atoms with Gasteiger partial charge in [0.1, 0.15) is 0 Å². The molecule has 4 fully saturated rings. The molecular formula is C25H38N4.